The number of pyridine rings is 1. The molecule has 0 spiro atoms. The number of hydrogen-bond donors (Lipinski definition) is 1. The van der Waals surface area contributed by atoms with Crippen LogP contribution in [0.25, 0.3) is 11.3 Å². The molecule has 2 aromatic heterocycles. The first-order valence-electron chi connectivity index (χ1n) is 11.0. The molecule has 3 heterocycles. The van der Waals surface area contributed by atoms with Crippen LogP contribution in [0, 0.1) is 11.3 Å². The van der Waals surface area contributed by atoms with Crippen LogP contribution in [0.1, 0.15) is 49.8 Å². The normalized spacial score (nSPS) is 30.3. The molecule has 174 valence electrons. The topological polar surface area (TPSA) is 60.0 Å². The Hall–Kier alpha value is -2.23. The molecule has 2 aliphatic carbocycles. The van der Waals surface area contributed by atoms with E-state index in [0.717, 1.165) is 32.0 Å². The van der Waals surface area contributed by atoms with Crippen LogP contribution in [-0.2, 0) is 12.7 Å². The van der Waals surface area contributed by atoms with Crippen molar-refractivity contribution >= 4 is 5.82 Å². The molecule has 1 unspecified atom stereocenters. The molecule has 0 bridgehead atoms. The van der Waals surface area contributed by atoms with Gasteiger partial charge in [-0.25, -0.2) is 13.8 Å². The highest BCUT2D eigenvalue weighted by Crippen LogP contribution is 2.73. The summed E-state index contributed by atoms with van der Waals surface area (Å²) in [7, 11) is 0. The molecule has 2 aromatic rings. The Kier molecular flexibility index (Phi) is 4.99. The Morgan fingerprint density at radius 1 is 1.22 bits per heavy atom. The van der Waals surface area contributed by atoms with Crippen molar-refractivity contribution in [3.8, 4) is 11.3 Å². The van der Waals surface area contributed by atoms with E-state index in [1.807, 2.05) is 0 Å². The van der Waals surface area contributed by atoms with E-state index < -0.39 is 30.5 Å². The zero-order valence-electron chi connectivity index (χ0n) is 17.7. The summed E-state index contributed by atoms with van der Waals surface area (Å²) in [5.41, 5.74) is 5.37. The van der Waals surface area contributed by atoms with Crippen LogP contribution in [0.5, 0.6) is 0 Å². The molecule has 3 aliphatic rings. The van der Waals surface area contributed by atoms with E-state index in [1.165, 1.54) is 23.7 Å². The second-order valence-corrected chi connectivity index (χ2v) is 9.61. The molecule has 32 heavy (non-hydrogen) atoms. The fraction of sp³-hybridized carbons (Fsp3) is 0.636. The molecule has 5 nitrogen and oxygen atoms in total. The van der Waals surface area contributed by atoms with Gasteiger partial charge < -0.3 is 10.6 Å². The van der Waals surface area contributed by atoms with Crippen molar-refractivity contribution in [3.05, 3.63) is 29.6 Å². The molecular weight excluding hydrogens is 429 g/mol. The van der Waals surface area contributed by atoms with Crippen molar-refractivity contribution in [2.24, 2.45) is 11.3 Å². The lowest BCUT2D eigenvalue weighted by atomic mass is 9.96. The lowest BCUT2D eigenvalue weighted by Gasteiger charge is -2.27. The molecule has 1 saturated heterocycles. The predicted octanol–water partition coefficient (Wildman–Crippen LogP) is 4.79. The maximum absolute atomic E-state index is 13.3. The molecule has 10 heteroatoms. The summed E-state index contributed by atoms with van der Waals surface area (Å²) in [4.78, 5) is 6.20. The molecule has 0 radical (unpaired) electrons. The summed E-state index contributed by atoms with van der Waals surface area (Å²) in [5.74, 6) is -0.153. The summed E-state index contributed by atoms with van der Waals surface area (Å²) >= 11 is 0. The molecule has 5 rings (SSSR count). The minimum absolute atomic E-state index is 0.0148. The number of halogens is 5. The van der Waals surface area contributed by atoms with Gasteiger partial charge in [0.25, 0.3) is 6.43 Å². The average Bonchev–Trinajstić information content (AvgIpc) is 3.23. The number of aromatic nitrogens is 3. The van der Waals surface area contributed by atoms with Crippen LogP contribution in [-0.4, -0.2) is 45.2 Å². The highest BCUT2D eigenvalue weighted by molar-refractivity contribution is 5.63. The van der Waals surface area contributed by atoms with Crippen LogP contribution in [0.2, 0.25) is 0 Å². The number of nitrogens with two attached hydrogens (primary N) is 1. The van der Waals surface area contributed by atoms with Crippen molar-refractivity contribution in [2.45, 2.75) is 63.7 Å². The summed E-state index contributed by atoms with van der Waals surface area (Å²) in [6.07, 6.45) is -1.57. The van der Waals surface area contributed by atoms with Gasteiger partial charge in [-0.05, 0) is 62.2 Å². The van der Waals surface area contributed by atoms with E-state index in [9.17, 15) is 22.0 Å². The van der Waals surface area contributed by atoms with Crippen LogP contribution in [0.3, 0.4) is 0 Å². The first kappa shape index (κ1) is 21.6. The molecule has 3 fully saturated rings. The van der Waals surface area contributed by atoms with Gasteiger partial charge in [-0.3, -0.25) is 4.68 Å². The zero-order valence-corrected chi connectivity index (χ0v) is 17.7. The van der Waals surface area contributed by atoms with Crippen molar-refractivity contribution in [1.29, 1.82) is 0 Å². The smallest absolute Gasteiger partial charge is 0.383 e. The molecule has 1 aliphatic heterocycles. The molecule has 2 N–H and O–H groups in total. The Balaban J connectivity index is 1.45. The fourth-order valence-corrected chi connectivity index (χ4v) is 6.10. The van der Waals surface area contributed by atoms with Gasteiger partial charge in [0.2, 0.25) is 0 Å². The molecule has 0 aromatic carbocycles. The van der Waals surface area contributed by atoms with Crippen molar-refractivity contribution in [2.75, 3.05) is 18.8 Å². The first-order chi connectivity index (χ1) is 15.1. The Labute approximate surface area is 182 Å². The Morgan fingerprint density at radius 3 is 2.53 bits per heavy atom. The van der Waals surface area contributed by atoms with E-state index in [1.54, 1.807) is 6.07 Å². The van der Waals surface area contributed by atoms with Gasteiger partial charge in [0.1, 0.15) is 12.4 Å². The summed E-state index contributed by atoms with van der Waals surface area (Å²) < 4.78 is 67.6. The quantitative estimate of drug-likeness (QED) is 0.659. The minimum Gasteiger partial charge on any atom is -0.383 e. The monoisotopic (exact) mass is 455 g/mol. The van der Waals surface area contributed by atoms with Crippen LogP contribution in [0.15, 0.2) is 18.3 Å². The third kappa shape index (κ3) is 3.56. The zero-order chi connectivity index (χ0) is 22.8. The average molecular weight is 455 g/mol. The standard InChI is InChI=1S/C22H26F5N5/c1-21-9-13(31-4-2-3-5-31)7-14(21)19(21)17-8-16(30-32(17)11-18(23)24)12-6-15(22(25,26)27)20(28)29-10-12/h6,8,10,13-14,18-19H,2-5,7,9,11H2,1H3,(H2,28,29)/t13-,14-,19+,21?/m0/s1. The third-order valence-electron chi connectivity index (χ3n) is 7.67. The largest absolute Gasteiger partial charge is 0.419 e. The second kappa shape index (κ2) is 7.40. The molecule has 4 atom stereocenters. The van der Waals surface area contributed by atoms with E-state index >= 15 is 0 Å². The van der Waals surface area contributed by atoms with E-state index in [-0.39, 0.29) is 22.6 Å². The van der Waals surface area contributed by atoms with Crippen LogP contribution < -0.4 is 5.73 Å². The van der Waals surface area contributed by atoms with Gasteiger partial charge in [-0.2, -0.15) is 18.3 Å². The van der Waals surface area contributed by atoms with E-state index in [4.69, 9.17) is 5.73 Å². The number of fused-ring (bicyclic) bond motifs is 1. The summed E-state index contributed by atoms with van der Waals surface area (Å²) in [6.45, 7) is 3.86. The van der Waals surface area contributed by atoms with Gasteiger partial charge >= 0.3 is 6.18 Å². The lowest BCUT2D eigenvalue weighted by molar-refractivity contribution is -0.137. The Morgan fingerprint density at radius 2 is 1.94 bits per heavy atom. The molecular formula is C22H26F5N5. The number of hydrogen-bond acceptors (Lipinski definition) is 4. The van der Waals surface area contributed by atoms with Gasteiger partial charge in [-0.1, -0.05) is 6.92 Å². The van der Waals surface area contributed by atoms with E-state index in [0.29, 0.717) is 17.7 Å². The first-order valence-corrected chi connectivity index (χ1v) is 11.0. The number of rotatable bonds is 5. The fourth-order valence-electron chi connectivity index (χ4n) is 6.10. The van der Waals surface area contributed by atoms with Gasteiger partial charge in [0, 0.05) is 29.4 Å². The lowest BCUT2D eigenvalue weighted by Crippen LogP contribution is -2.32. The van der Waals surface area contributed by atoms with E-state index in [2.05, 4.69) is 21.9 Å². The number of nitrogens with zero attached hydrogens (tertiary/aromatic N) is 4. The number of alkyl halides is 5. The maximum atomic E-state index is 13.3. The highest BCUT2D eigenvalue weighted by atomic mass is 19.4. The highest BCUT2D eigenvalue weighted by Gasteiger charge is 2.67. The van der Waals surface area contributed by atoms with Crippen molar-refractivity contribution < 1.29 is 22.0 Å². The van der Waals surface area contributed by atoms with Crippen molar-refractivity contribution in [1.82, 2.24) is 19.7 Å². The molecule has 2 saturated carbocycles. The number of likely N-dealkylation sites (tertiary alicyclic amines) is 1. The van der Waals surface area contributed by atoms with Gasteiger partial charge in [0.05, 0.1) is 11.3 Å². The van der Waals surface area contributed by atoms with Gasteiger partial charge in [0.15, 0.2) is 0 Å². The number of nitrogen functional groups attached to an aromatic ring is 1. The van der Waals surface area contributed by atoms with Crippen molar-refractivity contribution in [3.63, 3.8) is 0 Å². The van der Waals surface area contributed by atoms with Gasteiger partial charge in [-0.15, -0.1) is 0 Å². The second-order valence-electron chi connectivity index (χ2n) is 9.61. The van der Waals surface area contributed by atoms with Crippen LogP contribution in [0.4, 0.5) is 27.8 Å². The van der Waals surface area contributed by atoms with Crippen LogP contribution >= 0.6 is 0 Å². The SMILES string of the molecule is CC12C[C@@H](N3CCCC3)C[C@H]1[C@@H]2c1cc(-c2cnc(N)c(C(F)(F)F)c2)nn1CC(F)F. The summed E-state index contributed by atoms with van der Waals surface area (Å²) in [5, 5.41) is 4.27. The Bertz CT molecular complexity index is 1010. The third-order valence-corrected chi connectivity index (χ3v) is 7.67. The summed E-state index contributed by atoms with van der Waals surface area (Å²) in [6, 6.07) is 3.08. The predicted molar refractivity (Wildman–Crippen MR) is 109 cm³/mol. The minimum atomic E-state index is -4.66. The maximum Gasteiger partial charge on any atom is 0.419 e. The molecule has 0 amide bonds. The number of anilines is 1.